The molecule has 1 heterocycles. The summed E-state index contributed by atoms with van der Waals surface area (Å²) in [6.45, 7) is 6.18. The van der Waals surface area contributed by atoms with Crippen LogP contribution < -0.4 is 9.47 Å². The number of ketones is 1. The number of nitriles is 1. The van der Waals surface area contributed by atoms with Gasteiger partial charge in [-0.3, -0.25) is 19.9 Å². The third-order valence-electron chi connectivity index (χ3n) is 6.77. The lowest BCUT2D eigenvalue weighted by Crippen LogP contribution is -2.32. The normalized spacial score (nSPS) is 21.1. The van der Waals surface area contributed by atoms with Crippen LogP contribution in [0.15, 0.2) is 57.1 Å². The van der Waals surface area contributed by atoms with Gasteiger partial charge >= 0.3 is 0 Å². The molecule has 3 atom stereocenters. The van der Waals surface area contributed by atoms with Crippen LogP contribution in [0.4, 0.5) is 5.69 Å². The second-order valence-corrected chi connectivity index (χ2v) is 10.2. The Balaban J connectivity index is 1.77. The molecule has 37 heavy (non-hydrogen) atoms. The van der Waals surface area contributed by atoms with E-state index in [2.05, 4.69) is 28.9 Å². The van der Waals surface area contributed by atoms with Gasteiger partial charge in [-0.25, -0.2) is 0 Å². The molecule has 9 heteroatoms. The molecular formula is C28H28BrN3O5. The number of allylic oxidation sites excluding steroid dienone is 2. The molecule has 1 aliphatic heterocycles. The van der Waals surface area contributed by atoms with E-state index in [0.29, 0.717) is 46.0 Å². The highest BCUT2D eigenvalue weighted by Crippen LogP contribution is 2.48. The van der Waals surface area contributed by atoms with Crippen molar-refractivity contribution in [2.45, 2.75) is 52.4 Å². The fraction of sp³-hybridized carbons (Fsp3) is 0.393. The van der Waals surface area contributed by atoms with E-state index in [4.69, 9.17) is 14.5 Å². The molecule has 0 amide bonds. The number of Topliss-reactive ketones (excluding diaryl/α,β-unsaturated/α-hetero) is 1. The van der Waals surface area contributed by atoms with Crippen molar-refractivity contribution in [3.63, 3.8) is 0 Å². The molecule has 1 aliphatic carbocycles. The second kappa shape index (κ2) is 11.3. The van der Waals surface area contributed by atoms with Crippen molar-refractivity contribution in [1.29, 1.82) is 5.26 Å². The summed E-state index contributed by atoms with van der Waals surface area (Å²) in [6, 6.07) is 11.8. The SMILES string of the molecule is CCCC1CC(=O)C2=C(C1)N=C(C)C(C#N)C2c1cc(Br)c(Oc2ccc([N+](=O)[O-])cc2)c(OCC)c1. The number of rotatable bonds is 8. The topological polar surface area (TPSA) is 115 Å². The Morgan fingerprint density at radius 2 is 1.95 bits per heavy atom. The first kappa shape index (κ1) is 26.6. The minimum Gasteiger partial charge on any atom is -0.490 e. The monoisotopic (exact) mass is 565 g/mol. The van der Waals surface area contributed by atoms with Gasteiger partial charge in [-0.2, -0.15) is 5.26 Å². The molecule has 0 radical (unpaired) electrons. The van der Waals surface area contributed by atoms with Crippen LogP contribution in [0, 0.1) is 33.3 Å². The number of non-ortho nitro benzene ring substituents is 1. The molecule has 2 aliphatic rings. The zero-order chi connectivity index (χ0) is 26.7. The van der Waals surface area contributed by atoms with Crippen molar-refractivity contribution in [2.75, 3.05) is 6.61 Å². The van der Waals surface area contributed by atoms with Crippen LogP contribution in [0.3, 0.4) is 0 Å². The van der Waals surface area contributed by atoms with Gasteiger partial charge in [0.25, 0.3) is 5.69 Å². The molecule has 2 aromatic rings. The Labute approximate surface area is 224 Å². The van der Waals surface area contributed by atoms with Crippen molar-refractivity contribution in [3.05, 3.63) is 67.8 Å². The van der Waals surface area contributed by atoms with Crippen molar-refractivity contribution < 1.29 is 19.2 Å². The van der Waals surface area contributed by atoms with Crippen LogP contribution in [0.25, 0.3) is 0 Å². The molecule has 0 spiro atoms. The molecule has 0 aromatic heterocycles. The molecule has 8 nitrogen and oxygen atoms in total. The average molecular weight is 566 g/mol. The van der Waals surface area contributed by atoms with Gasteiger partial charge in [0.1, 0.15) is 5.75 Å². The van der Waals surface area contributed by atoms with Crippen molar-refractivity contribution >= 4 is 33.1 Å². The number of carbonyl (C=O) groups excluding carboxylic acids is 1. The van der Waals surface area contributed by atoms with Crippen molar-refractivity contribution in [1.82, 2.24) is 0 Å². The molecular weight excluding hydrogens is 538 g/mol. The summed E-state index contributed by atoms with van der Waals surface area (Å²) in [5.74, 6) is 0.546. The third-order valence-corrected chi connectivity index (χ3v) is 7.36. The number of nitrogens with zero attached hydrogens (tertiary/aromatic N) is 3. The van der Waals surface area contributed by atoms with Crippen LogP contribution >= 0.6 is 15.9 Å². The molecule has 4 rings (SSSR count). The smallest absolute Gasteiger partial charge is 0.269 e. The molecule has 0 saturated carbocycles. The van der Waals surface area contributed by atoms with E-state index in [9.17, 15) is 20.2 Å². The summed E-state index contributed by atoms with van der Waals surface area (Å²) in [4.78, 5) is 28.6. The Hall–Kier alpha value is -3.51. The lowest BCUT2D eigenvalue weighted by atomic mass is 9.70. The number of nitro groups is 1. The van der Waals surface area contributed by atoms with E-state index in [1.807, 2.05) is 26.0 Å². The van der Waals surface area contributed by atoms with Crippen LogP contribution in [-0.2, 0) is 4.79 Å². The first-order chi connectivity index (χ1) is 17.8. The third kappa shape index (κ3) is 5.44. The zero-order valence-electron chi connectivity index (χ0n) is 21.0. The van der Waals surface area contributed by atoms with Gasteiger partial charge in [0.15, 0.2) is 17.3 Å². The molecule has 0 bridgehead atoms. The minimum absolute atomic E-state index is 0.0360. The van der Waals surface area contributed by atoms with Crippen LogP contribution in [-0.4, -0.2) is 23.0 Å². The number of nitro benzene ring substituents is 1. The average Bonchev–Trinajstić information content (AvgIpc) is 2.85. The molecule has 0 saturated heterocycles. The summed E-state index contributed by atoms with van der Waals surface area (Å²) >= 11 is 3.59. The maximum Gasteiger partial charge on any atom is 0.269 e. The van der Waals surface area contributed by atoms with Gasteiger partial charge < -0.3 is 9.47 Å². The highest BCUT2D eigenvalue weighted by Gasteiger charge is 2.41. The molecule has 3 unspecified atom stereocenters. The van der Waals surface area contributed by atoms with E-state index < -0.39 is 16.8 Å². The molecule has 0 N–H and O–H groups in total. The maximum absolute atomic E-state index is 13.4. The summed E-state index contributed by atoms with van der Waals surface area (Å²) < 4.78 is 12.5. The van der Waals surface area contributed by atoms with Gasteiger partial charge in [0.05, 0.1) is 28.0 Å². The molecule has 2 aromatic carbocycles. The lowest BCUT2D eigenvalue weighted by molar-refractivity contribution is -0.384. The number of aliphatic imine (C=N–C) groups is 1. The minimum atomic E-state index is -0.576. The number of hydrogen-bond acceptors (Lipinski definition) is 7. The first-order valence-electron chi connectivity index (χ1n) is 12.4. The van der Waals surface area contributed by atoms with Gasteiger partial charge in [-0.05, 0) is 78.4 Å². The highest BCUT2D eigenvalue weighted by molar-refractivity contribution is 9.10. The fourth-order valence-electron chi connectivity index (χ4n) is 5.16. The number of ether oxygens (including phenoxy) is 2. The van der Waals surface area contributed by atoms with Crippen molar-refractivity contribution in [2.24, 2.45) is 16.8 Å². The number of carbonyl (C=O) groups is 1. The van der Waals surface area contributed by atoms with Gasteiger partial charge in [0.2, 0.25) is 0 Å². The summed E-state index contributed by atoms with van der Waals surface area (Å²) in [5.41, 5.74) is 2.86. The molecule has 0 fully saturated rings. The second-order valence-electron chi connectivity index (χ2n) is 9.30. The van der Waals surface area contributed by atoms with Gasteiger partial charge in [-0.1, -0.05) is 13.3 Å². The standard InChI is InChI=1S/C28H28BrN3O5/c1-4-6-17-11-23-27(24(33)12-17)26(21(15-30)16(3)31-23)18-13-22(29)28(25(14-18)36-5-2)37-20-9-7-19(8-10-20)32(34)35/h7-10,13-14,17,21,26H,4-6,11-12H2,1-3H3. The van der Waals surface area contributed by atoms with Gasteiger partial charge in [-0.15, -0.1) is 0 Å². The Bertz CT molecular complexity index is 1330. The van der Waals surface area contributed by atoms with Gasteiger partial charge in [0, 0.05) is 41.5 Å². The van der Waals surface area contributed by atoms with E-state index in [1.165, 1.54) is 24.3 Å². The fourth-order valence-corrected chi connectivity index (χ4v) is 5.70. The lowest BCUT2D eigenvalue weighted by Gasteiger charge is -2.35. The quantitative estimate of drug-likeness (QED) is 0.245. The molecule has 192 valence electrons. The number of hydrogen-bond donors (Lipinski definition) is 0. The highest BCUT2D eigenvalue weighted by atomic mass is 79.9. The van der Waals surface area contributed by atoms with Crippen LogP contribution in [0.2, 0.25) is 0 Å². The Morgan fingerprint density at radius 1 is 1.22 bits per heavy atom. The first-order valence-corrected chi connectivity index (χ1v) is 13.2. The number of benzene rings is 2. The Morgan fingerprint density at radius 3 is 2.57 bits per heavy atom. The van der Waals surface area contributed by atoms with Crippen LogP contribution in [0.5, 0.6) is 17.2 Å². The zero-order valence-corrected chi connectivity index (χ0v) is 22.6. The number of halogens is 1. The van der Waals surface area contributed by atoms with Crippen LogP contribution in [0.1, 0.15) is 57.9 Å². The summed E-state index contributed by atoms with van der Waals surface area (Å²) in [7, 11) is 0. The van der Waals surface area contributed by atoms with E-state index in [-0.39, 0.29) is 17.4 Å². The predicted molar refractivity (Wildman–Crippen MR) is 143 cm³/mol. The van der Waals surface area contributed by atoms with E-state index in [0.717, 1.165) is 30.5 Å². The summed E-state index contributed by atoms with van der Waals surface area (Å²) in [5, 5.41) is 21.1. The largest absolute Gasteiger partial charge is 0.490 e. The Kier molecular flexibility index (Phi) is 8.08. The van der Waals surface area contributed by atoms with E-state index in [1.54, 1.807) is 0 Å². The van der Waals surface area contributed by atoms with Crippen molar-refractivity contribution in [3.8, 4) is 23.3 Å². The van der Waals surface area contributed by atoms with E-state index >= 15 is 0 Å². The summed E-state index contributed by atoms with van der Waals surface area (Å²) in [6.07, 6.45) is 3.19. The predicted octanol–water partition coefficient (Wildman–Crippen LogP) is 7.28. The maximum atomic E-state index is 13.4.